The zero-order valence-corrected chi connectivity index (χ0v) is 53.6. The Morgan fingerprint density at radius 3 is 2.11 bits per heavy atom. The van der Waals surface area contributed by atoms with Crippen LogP contribution in [-0.2, 0) is 46.1 Å². The van der Waals surface area contributed by atoms with Crippen molar-refractivity contribution in [1.82, 2.24) is 15.2 Å². The fourth-order valence-corrected chi connectivity index (χ4v) is 12.2. The van der Waals surface area contributed by atoms with Crippen LogP contribution in [0.15, 0.2) is 23.1 Å². The molecule has 468 valence electrons. The molecule has 2 aromatic rings. The lowest BCUT2D eigenvalue weighted by molar-refractivity contribution is -0.259. The summed E-state index contributed by atoms with van der Waals surface area (Å²) in [4.78, 5) is 50.7. The van der Waals surface area contributed by atoms with E-state index < -0.39 is 77.7 Å². The number of nitrogens with zero attached hydrogens (tertiary/aromatic N) is 1. The number of ketones is 1. The molecule has 1 amide bonds. The van der Waals surface area contributed by atoms with Crippen LogP contribution in [0, 0.1) is 29.6 Å². The summed E-state index contributed by atoms with van der Waals surface area (Å²) in [6.45, 7) is 30.1. The third-order valence-corrected chi connectivity index (χ3v) is 17.2. The van der Waals surface area contributed by atoms with Crippen molar-refractivity contribution in [3.05, 3.63) is 45.2 Å². The lowest BCUT2D eigenvalue weighted by Crippen LogP contribution is -2.50. The molecule has 19 nitrogen and oxygen atoms in total. The van der Waals surface area contributed by atoms with E-state index in [0.717, 1.165) is 56.5 Å². The number of carboxylic acid groups (broad SMARTS) is 1. The third-order valence-electron chi connectivity index (χ3n) is 15.9. The zero-order valence-electron chi connectivity index (χ0n) is 52.7. The largest absolute Gasteiger partial charge is 0.477 e. The number of carboxylic acids is 1. The second-order valence-corrected chi connectivity index (χ2v) is 23.6. The smallest absolute Gasteiger partial charge is 0.407 e. The Bertz CT molecular complexity index is 2270. The molecule has 0 bridgehead atoms. The summed E-state index contributed by atoms with van der Waals surface area (Å²) in [6, 6.07) is 4.03. The van der Waals surface area contributed by atoms with E-state index in [-0.39, 0.29) is 60.3 Å². The first-order valence-electron chi connectivity index (χ1n) is 29.3. The van der Waals surface area contributed by atoms with Gasteiger partial charge in [0, 0.05) is 69.2 Å². The molecule has 0 spiro atoms. The molecule has 1 aromatic carbocycles. The summed E-state index contributed by atoms with van der Waals surface area (Å²) in [5, 5.41) is 63.5. The van der Waals surface area contributed by atoms with Gasteiger partial charge in [-0.1, -0.05) is 61.5 Å². The van der Waals surface area contributed by atoms with E-state index in [1.165, 1.54) is 6.20 Å². The highest BCUT2D eigenvalue weighted by Crippen LogP contribution is 2.38. The fraction of sp³-hybridized carbons (Fsp3) is 0.787. The van der Waals surface area contributed by atoms with Gasteiger partial charge >= 0.3 is 12.1 Å². The molecule has 20 heteroatoms. The third kappa shape index (κ3) is 22.8. The molecule has 16 atom stereocenters. The summed E-state index contributed by atoms with van der Waals surface area (Å²) in [6.07, 6.45) is 3.05. The number of alkyl carbamates (subject to hydrolysis) is 1. The van der Waals surface area contributed by atoms with Gasteiger partial charge < -0.3 is 74.3 Å². The van der Waals surface area contributed by atoms with Crippen LogP contribution in [-0.4, -0.2) is 173 Å². The van der Waals surface area contributed by atoms with E-state index in [4.69, 9.17) is 43.7 Å². The second kappa shape index (κ2) is 37.1. The van der Waals surface area contributed by atoms with Crippen molar-refractivity contribution < 1.29 is 73.4 Å². The van der Waals surface area contributed by atoms with Crippen molar-refractivity contribution in [2.75, 3.05) is 54.7 Å². The molecule has 81 heavy (non-hydrogen) atoms. The number of Topliss-reactive ketones (excluding diaryl/α,β-unsaturated/α-hetero) is 1. The molecule has 8 N–H and O–H groups in total. The highest BCUT2D eigenvalue weighted by atomic mass is 31.1. The molecule has 0 aliphatic carbocycles. The zero-order chi connectivity index (χ0) is 62.1. The minimum absolute atomic E-state index is 0.0116. The number of aromatic carboxylic acids is 1. The van der Waals surface area contributed by atoms with E-state index in [0.29, 0.717) is 56.9 Å². The van der Waals surface area contributed by atoms with Crippen LogP contribution >= 0.6 is 8.20 Å². The predicted octanol–water partition coefficient (Wildman–Crippen LogP) is 8.33. The molecule has 5 rings (SSSR count). The molecule has 2 fully saturated rings. The van der Waals surface area contributed by atoms with E-state index >= 15 is 0 Å². The standard InChI is InChI=1S/C50H79N2O12P.C6H12O3.C2H7N.C2H6.CH4O/c1-14-50(11,59)46(55)33(7)45(65-13)30(4)26-49(10,60-12)25-29(3)43(32(6)34(8)53)63-40-22-28(2)44(35(9)62-40)64-48(58)51-19-21-61-20-15-16-36-23-37-18-17-31(5)52-27-39(47(56)57)42(54)38(24-36)41(37)52;1-4-2-3-5(7)6(8)9-4;1-3-2;2*1-2/h23-24,27-33,35,40,43-44,46,55,59H,14-22,25-26H2,1-13H3,(H,51,58)(H,56,57);4-8H,2-3H2,1H3;3H,1-2H3;1-2H3;2H,1H3/t28?,29-,30-,31?,32?,33?,35?,40?,43+,44-,46?,49+,50-;4-,5?,6-;;;/m11.../s1. The van der Waals surface area contributed by atoms with Crippen LogP contribution in [0.4, 0.5) is 4.79 Å². The molecule has 3 aliphatic rings. The Kier molecular flexibility index (Phi) is 34.6. The second-order valence-electron chi connectivity index (χ2n) is 22.6. The van der Waals surface area contributed by atoms with Crippen LogP contribution in [0.25, 0.3) is 10.9 Å². The Balaban J connectivity index is 0.00000179. The number of aromatic nitrogens is 1. The first kappa shape index (κ1) is 75.6. The first-order chi connectivity index (χ1) is 38.1. The van der Waals surface area contributed by atoms with Gasteiger partial charge in [-0.2, -0.15) is 0 Å². The number of pyridine rings is 1. The predicted molar refractivity (Wildman–Crippen MR) is 322 cm³/mol. The molecule has 0 saturated carbocycles. The van der Waals surface area contributed by atoms with Crippen molar-refractivity contribution in [3.8, 4) is 0 Å². The number of ether oxygens (including phenoxy) is 6. The molecule has 0 radical (unpaired) electrons. The summed E-state index contributed by atoms with van der Waals surface area (Å²) in [5.74, 6) is -1.96. The average molecular weight is 1170 g/mol. The summed E-state index contributed by atoms with van der Waals surface area (Å²) < 4.78 is 37.7. The van der Waals surface area contributed by atoms with Crippen LogP contribution in [0.3, 0.4) is 0 Å². The number of hydrogen-bond donors (Lipinski definition) is 8. The number of aliphatic hydroxyl groups excluding tert-OH is 4. The number of methoxy groups -OCH3 is 1. The van der Waals surface area contributed by atoms with Crippen molar-refractivity contribution in [2.45, 2.75) is 228 Å². The number of rotatable bonds is 24. The van der Waals surface area contributed by atoms with Gasteiger partial charge in [-0.05, 0) is 154 Å². The highest BCUT2D eigenvalue weighted by molar-refractivity contribution is 7.39. The maximum atomic E-state index is 13.1. The SMILES string of the molecule is CC.CC[C@@](C)(O)C(O)C(C)C(=PC)[C@H](C)C[C@](C)(C[C@@H](C)[C@H](OC1CC(C)[C@@H](OC(=O)NCCOCCCc2cc3c4c(c2)c(=O)c(C(=O)O)cn4C(C)CC3)C(C)O1)C(C)C(C)=O)OC.CNC.CO.C[C@@H]1CCC(O)[C@H](O)O1. The normalized spacial score (nSPS) is 25.3. The van der Waals surface area contributed by atoms with Gasteiger partial charge in [0.1, 0.15) is 23.6 Å². The van der Waals surface area contributed by atoms with Crippen molar-refractivity contribution in [2.24, 2.45) is 29.6 Å². The van der Waals surface area contributed by atoms with E-state index in [9.17, 15) is 34.5 Å². The number of aliphatic hydroxyl groups is 5. The molecule has 3 aliphatic heterocycles. The number of benzene rings is 1. The topological polar surface area (TPSA) is 274 Å². The number of carbonyl (C=O) groups excluding carboxylic acids is 2. The number of aryl methyl sites for hydroxylation is 2. The minimum Gasteiger partial charge on any atom is -0.477 e. The Morgan fingerprint density at radius 1 is 0.951 bits per heavy atom. The van der Waals surface area contributed by atoms with Crippen molar-refractivity contribution in [3.63, 3.8) is 0 Å². The van der Waals surface area contributed by atoms with Gasteiger partial charge in [0.15, 0.2) is 12.6 Å². The number of nitrogens with one attached hydrogen (secondary N) is 2. The van der Waals surface area contributed by atoms with Crippen LogP contribution < -0.4 is 16.1 Å². The van der Waals surface area contributed by atoms with Gasteiger partial charge in [0.2, 0.25) is 5.43 Å². The van der Waals surface area contributed by atoms with Crippen molar-refractivity contribution >= 4 is 42.2 Å². The fourth-order valence-electron chi connectivity index (χ4n) is 11.1. The van der Waals surface area contributed by atoms with Gasteiger partial charge in [-0.25, -0.2) is 9.59 Å². The van der Waals surface area contributed by atoms with Gasteiger partial charge in [-0.3, -0.25) is 9.59 Å². The van der Waals surface area contributed by atoms with Crippen LogP contribution in [0.1, 0.15) is 176 Å². The van der Waals surface area contributed by atoms with Crippen LogP contribution in [0.5, 0.6) is 0 Å². The van der Waals surface area contributed by atoms with E-state index in [1.54, 1.807) is 21.0 Å². The monoisotopic (exact) mass is 1170 g/mol. The van der Waals surface area contributed by atoms with E-state index in [1.807, 2.05) is 87.0 Å². The first-order valence-corrected chi connectivity index (χ1v) is 30.7. The molecule has 2 saturated heterocycles. The Labute approximate surface area is 486 Å². The summed E-state index contributed by atoms with van der Waals surface area (Å²) in [7, 11) is 7.50. The average Bonchev–Trinajstić information content (AvgIpc) is 3.56. The van der Waals surface area contributed by atoms with Gasteiger partial charge in [0.05, 0.1) is 47.7 Å². The highest BCUT2D eigenvalue weighted by Gasteiger charge is 2.43. The molecule has 1 aromatic heterocycles. The molecular weight excluding hydrogens is 1060 g/mol. The Morgan fingerprint density at radius 2 is 1.58 bits per heavy atom. The van der Waals surface area contributed by atoms with E-state index in [2.05, 4.69) is 44.1 Å². The Hall–Kier alpha value is -3.43. The quantitative estimate of drug-likeness (QED) is 0.0362. The van der Waals surface area contributed by atoms with Gasteiger partial charge in [-0.15, -0.1) is 8.20 Å². The molecular formula is C61H108N3O16P. The van der Waals surface area contributed by atoms with Crippen LogP contribution in [0.2, 0.25) is 0 Å². The minimum atomic E-state index is -1.22. The summed E-state index contributed by atoms with van der Waals surface area (Å²) in [5.41, 5.74) is 0.402. The lowest BCUT2D eigenvalue weighted by Gasteiger charge is -2.42. The molecule has 8 unspecified atom stereocenters. The number of hydrogen-bond acceptors (Lipinski definition) is 16. The summed E-state index contributed by atoms with van der Waals surface area (Å²) >= 11 is 0. The molecule has 4 heterocycles. The maximum Gasteiger partial charge on any atom is 0.407 e. The van der Waals surface area contributed by atoms with Gasteiger partial charge in [0.25, 0.3) is 0 Å². The lowest BCUT2D eigenvalue weighted by atomic mass is 9.76. The number of carbonyl (C=O) groups is 3. The van der Waals surface area contributed by atoms with Crippen molar-refractivity contribution in [1.29, 1.82) is 0 Å². The maximum absolute atomic E-state index is 13.1. The number of amides is 1.